The third-order valence-electron chi connectivity index (χ3n) is 2.38. The van der Waals surface area contributed by atoms with Crippen LogP contribution in [0.2, 0.25) is 5.15 Å². The van der Waals surface area contributed by atoms with E-state index < -0.39 is 4.92 Å². The molecule has 0 bridgehead atoms. The Hall–Kier alpha value is -2.14. The summed E-state index contributed by atoms with van der Waals surface area (Å²) < 4.78 is 5.10. The van der Waals surface area contributed by atoms with Crippen molar-refractivity contribution >= 4 is 28.6 Å². The third kappa shape index (κ3) is 2.57. The largest absolute Gasteiger partial charge is 0.497 e. The summed E-state index contributed by atoms with van der Waals surface area (Å²) in [7, 11) is 1.57. The van der Waals surface area contributed by atoms with Gasteiger partial charge in [-0.1, -0.05) is 11.6 Å². The Balaban J connectivity index is 2.54. The lowest BCUT2D eigenvalue weighted by molar-refractivity contribution is -0.400. The SMILES string of the molecule is COc1ccc2nc(Cl)c(/C=C/[N+](=O)[O-])cc2c1. The zero-order valence-corrected chi connectivity index (χ0v) is 10.2. The summed E-state index contributed by atoms with van der Waals surface area (Å²) in [6, 6.07) is 7.08. The van der Waals surface area contributed by atoms with Crippen molar-refractivity contribution in [2.75, 3.05) is 7.11 Å². The Morgan fingerprint density at radius 3 is 2.89 bits per heavy atom. The molecule has 6 heteroatoms. The Bertz CT molecular complexity index is 641. The molecule has 0 aliphatic carbocycles. The van der Waals surface area contributed by atoms with Gasteiger partial charge < -0.3 is 4.74 Å². The van der Waals surface area contributed by atoms with E-state index in [1.807, 2.05) is 0 Å². The molecular weight excluding hydrogens is 256 g/mol. The number of nitrogens with zero attached hydrogens (tertiary/aromatic N) is 2. The number of hydrogen-bond acceptors (Lipinski definition) is 4. The fourth-order valence-electron chi connectivity index (χ4n) is 1.53. The summed E-state index contributed by atoms with van der Waals surface area (Å²) in [6.07, 6.45) is 2.14. The highest BCUT2D eigenvalue weighted by atomic mass is 35.5. The molecule has 0 radical (unpaired) electrons. The molecule has 2 rings (SSSR count). The van der Waals surface area contributed by atoms with Crippen LogP contribution in [0, 0.1) is 10.1 Å². The fraction of sp³-hybridized carbons (Fsp3) is 0.0833. The molecule has 92 valence electrons. The number of rotatable bonds is 3. The number of halogens is 1. The maximum atomic E-state index is 10.3. The molecular formula is C12H9ClN2O3. The van der Waals surface area contributed by atoms with Crippen molar-refractivity contribution in [2.45, 2.75) is 0 Å². The predicted octanol–water partition coefficient (Wildman–Crippen LogP) is 3.14. The van der Waals surface area contributed by atoms with E-state index in [4.69, 9.17) is 16.3 Å². The number of methoxy groups -OCH3 is 1. The van der Waals surface area contributed by atoms with E-state index in [2.05, 4.69) is 4.98 Å². The molecule has 0 saturated heterocycles. The van der Waals surface area contributed by atoms with E-state index in [0.717, 1.165) is 11.6 Å². The number of nitro groups is 1. The number of hydrogen-bond donors (Lipinski definition) is 0. The summed E-state index contributed by atoms with van der Waals surface area (Å²) in [5.41, 5.74) is 1.20. The van der Waals surface area contributed by atoms with E-state index in [0.29, 0.717) is 16.8 Å². The minimum atomic E-state index is -0.550. The molecule has 0 aliphatic rings. The van der Waals surface area contributed by atoms with Gasteiger partial charge in [0.05, 0.1) is 17.5 Å². The van der Waals surface area contributed by atoms with E-state index in [1.54, 1.807) is 31.4 Å². The van der Waals surface area contributed by atoms with Gasteiger partial charge in [-0.15, -0.1) is 0 Å². The molecule has 0 atom stereocenters. The van der Waals surface area contributed by atoms with Crippen molar-refractivity contribution in [3.63, 3.8) is 0 Å². The minimum absolute atomic E-state index is 0.228. The second kappa shape index (κ2) is 5.01. The molecule has 0 fully saturated rings. The van der Waals surface area contributed by atoms with Crippen molar-refractivity contribution in [3.05, 3.63) is 51.3 Å². The summed E-state index contributed by atoms with van der Waals surface area (Å²) in [6.45, 7) is 0. The van der Waals surface area contributed by atoms with Gasteiger partial charge in [0.15, 0.2) is 0 Å². The quantitative estimate of drug-likeness (QED) is 0.485. The fourth-order valence-corrected chi connectivity index (χ4v) is 1.74. The lowest BCUT2D eigenvalue weighted by atomic mass is 10.1. The number of ether oxygens (including phenoxy) is 1. The lowest BCUT2D eigenvalue weighted by Crippen LogP contribution is -1.88. The Morgan fingerprint density at radius 2 is 2.22 bits per heavy atom. The van der Waals surface area contributed by atoms with Crippen molar-refractivity contribution in [2.24, 2.45) is 0 Å². The molecule has 0 N–H and O–H groups in total. The third-order valence-corrected chi connectivity index (χ3v) is 2.68. The van der Waals surface area contributed by atoms with Gasteiger partial charge in [-0.05, 0) is 24.3 Å². The topological polar surface area (TPSA) is 65.3 Å². The highest BCUT2D eigenvalue weighted by Gasteiger charge is 2.04. The van der Waals surface area contributed by atoms with Crippen molar-refractivity contribution < 1.29 is 9.66 Å². The molecule has 5 nitrogen and oxygen atoms in total. The maximum Gasteiger partial charge on any atom is 0.235 e. The Kier molecular flexibility index (Phi) is 3.43. The van der Waals surface area contributed by atoms with E-state index in [9.17, 15) is 10.1 Å². The molecule has 0 aliphatic heterocycles. The number of benzene rings is 1. The van der Waals surface area contributed by atoms with Crippen LogP contribution >= 0.6 is 11.6 Å². The first kappa shape index (κ1) is 12.3. The molecule has 0 unspecified atom stereocenters. The normalized spacial score (nSPS) is 11.0. The van der Waals surface area contributed by atoms with Gasteiger partial charge in [0.25, 0.3) is 0 Å². The van der Waals surface area contributed by atoms with Crippen LogP contribution in [0.1, 0.15) is 5.56 Å². The van der Waals surface area contributed by atoms with E-state index in [1.165, 1.54) is 6.08 Å². The second-order valence-corrected chi connectivity index (χ2v) is 3.89. The van der Waals surface area contributed by atoms with Crippen LogP contribution in [0.3, 0.4) is 0 Å². The molecule has 0 amide bonds. The molecule has 1 aromatic carbocycles. The molecule has 1 aromatic heterocycles. The summed E-state index contributed by atoms with van der Waals surface area (Å²) in [5, 5.41) is 11.3. The van der Waals surface area contributed by atoms with Gasteiger partial charge in [-0.25, -0.2) is 4.98 Å². The monoisotopic (exact) mass is 264 g/mol. The van der Waals surface area contributed by atoms with Gasteiger partial charge in [-0.3, -0.25) is 10.1 Å². The highest BCUT2D eigenvalue weighted by Crippen LogP contribution is 2.25. The maximum absolute atomic E-state index is 10.3. The number of pyridine rings is 1. The number of fused-ring (bicyclic) bond motifs is 1. The first-order valence-corrected chi connectivity index (χ1v) is 5.44. The van der Waals surface area contributed by atoms with Gasteiger partial charge in [0.2, 0.25) is 6.20 Å². The van der Waals surface area contributed by atoms with E-state index in [-0.39, 0.29) is 5.15 Å². The molecule has 0 saturated carbocycles. The highest BCUT2D eigenvalue weighted by molar-refractivity contribution is 6.31. The van der Waals surface area contributed by atoms with Crippen LogP contribution < -0.4 is 4.74 Å². The summed E-state index contributed by atoms with van der Waals surface area (Å²) in [5.74, 6) is 0.691. The van der Waals surface area contributed by atoms with Gasteiger partial charge in [0, 0.05) is 17.0 Å². The van der Waals surface area contributed by atoms with Gasteiger partial charge in [0.1, 0.15) is 10.9 Å². The standard InChI is InChI=1S/C12H9ClN2O3/c1-18-10-2-3-11-9(7-10)6-8(12(13)14-11)4-5-15(16)17/h2-7H,1H3/b5-4+. The zero-order chi connectivity index (χ0) is 13.1. The molecule has 18 heavy (non-hydrogen) atoms. The van der Waals surface area contributed by atoms with Crippen molar-refractivity contribution in [1.29, 1.82) is 0 Å². The molecule has 2 aromatic rings. The lowest BCUT2D eigenvalue weighted by Gasteiger charge is -2.04. The van der Waals surface area contributed by atoms with Crippen LogP contribution in [0.15, 0.2) is 30.5 Å². The average Bonchev–Trinajstić information content (AvgIpc) is 2.35. The van der Waals surface area contributed by atoms with Crippen LogP contribution in [-0.4, -0.2) is 17.0 Å². The van der Waals surface area contributed by atoms with Gasteiger partial charge >= 0.3 is 0 Å². The first-order valence-electron chi connectivity index (χ1n) is 5.06. The Morgan fingerprint density at radius 1 is 1.44 bits per heavy atom. The van der Waals surface area contributed by atoms with E-state index >= 15 is 0 Å². The predicted molar refractivity (Wildman–Crippen MR) is 69.3 cm³/mol. The van der Waals surface area contributed by atoms with Gasteiger partial charge in [-0.2, -0.15) is 0 Å². The average molecular weight is 265 g/mol. The number of aromatic nitrogens is 1. The molecule has 0 spiro atoms. The van der Waals surface area contributed by atoms with Crippen LogP contribution in [0.25, 0.3) is 17.0 Å². The van der Waals surface area contributed by atoms with Crippen LogP contribution in [0.5, 0.6) is 5.75 Å². The van der Waals surface area contributed by atoms with Crippen LogP contribution in [-0.2, 0) is 0 Å². The minimum Gasteiger partial charge on any atom is -0.497 e. The second-order valence-electron chi connectivity index (χ2n) is 3.53. The van der Waals surface area contributed by atoms with Crippen molar-refractivity contribution in [3.8, 4) is 5.75 Å². The summed E-state index contributed by atoms with van der Waals surface area (Å²) in [4.78, 5) is 13.9. The Labute approximate surface area is 108 Å². The van der Waals surface area contributed by atoms with Crippen LogP contribution in [0.4, 0.5) is 0 Å². The molecule has 1 heterocycles. The summed E-state index contributed by atoms with van der Waals surface area (Å²) >= 11 is 5.94. The smallest absolute Gasteiger partial charge is 0.235 e. The van der Waals surface area contributed by atoms with Crippen molar-refractivity contribution in [1.82, 2.24) is 4.98 Å². The first-order chi connectivity index (χ1) is 8.60. The zero-order valence-electron chi connectivity index (χ0n) is 9.46.